The Balaban J connectivity index is 1.51. The van der Waals surface area contributed by atoms with Crippen molar-refractivity contribution in [3.05, 3.63) is 23.7 Å². The number of unbranched alkanes of at least 4 members (excludes halogenated alkanes) is 5. The van der Waals surface area contributed by atoms with Gasteiger partial charge in [0.15, 0.2) is 0 Å². The smallest absolute Gasteiger partial charge is 0.133 e. The van der Waals surface area contributed by atoms with Gasteiger partial charge in [0.2, 0.25) is 0 Å². The summed E-state index contributed by atoms with van der Waals surface area (Å²) < 4.78 is 11.2. The zero-order chi connectivity index (χ0) is 14.0. The third kappa shape index (κ3) is 6.10. The number of hydrogen-bond acceptors (Lipinski definition) is 3. The first-order chi connectivity index (χ1) is 9.90. The van der Waals surface area contributed by atoms with Crippen LogP contribution in [0.2, 0.25) is 0 Å². The molecule has 0 amide bonds. The van der Waals surface area contributed by atoms with Gasteiger partial charge in [-0.2, -0.15) is 0 Å². The molecule has 20 heavy (non-hydrogen) atoms. The standard InChI is InChI=1S/C17H29NO2/c1-2-3-4-5-6-7-11-19-14-17-15(10-12-20-17)13-18-16-8-9-16/h10,12,16,18H,2-9,11,13-14H2,1H3. The number of furan rings is 1. The third-order valence-electron chi connectivity index (χ3n) is 3.87. The molecule has 0 saturated heterocycles. The van der Waals surface area contributed by atoms with Crippen molar-refractivity contribution >= 4 is 0 Å². The van der Waals surface area contributed by atoms with Crippen molar-refractivity contribution < 1.29 is 9.15 Å². The second-order valence-electron chi connectivity index (χ2n) is 5.84. The Morgan fingerprint density at radius 1 is 1.20 bits per heavy atom. The molecule has 114 valence electrons. The second-order valence-corrected chi connectivity index (χ2v) is 5.84. The molecule has 1 N–H and O–H groups in total. The summed E-state index contributed by atoms with van der Waals surface area (Å²) in [4.78, 5) is 0. The highest BCUT2D eigenvalue weighted by atomic mass is 16.5. The number of rotatable bonds is 12. The van der Waals surface area contributed by atoms with Gasteiger partial charge in [0, 0.05) is 24.8 Å². The minimum Gasteiger partial charge on any atom is -0.467 e. The Bertz CT molecular complexity index is 358. The molecule has 1 aliphatic rings. The number of nitrogens with one attached hydrogen (secondary N) is 1. The van der Waals surface area contributed by atoms with E-state index in [0.29, 0.717) is 6.61 Å². The maximum Gasteiger partial charge on any atom is 0.133 e. The topological polar surface area (TPSA) is 34.4 Å². The van der Waals surface area contributed by atoms with Crippen LogP contribution < -0.4 is 5.32 Å². The molecule has 3 heteroatoms. The van der Waals surface area contributed by atoms with Crippen LogP contribution in [0.5, 0.6) is 0 Å². The van der Waals surface area contributed by atoms with Crippen LogP contribution in [0.3, 0.4) is 0 Å². The Morgan fingerprint density at radius 3 is 2.80 bits per heavy atom. The van der Waals surface area contributed by atoms with E-state index >= 15 is 0 Å². The molecule has 0 unspecified atom stereocenters. The van der Waals surface area contributed by atoms with Crippen molar-refractivity contribution in [2.75, 3.05) is 6.61 Å². The molecule has 1 aromatic heterocycles. The molecule has 0 radical (unpaired) electrons. The second kappa shape index (κ2) is 9.19. The summed E-state index contributed by atoms with van der Waals surface area (Å²) in [6.07, 6.45) is 12.3. The average molecular weight is 279 g/mol. The first-order valence-electron chi connectivity index (χ1n) is 8.26. The predicted molar refractivity (Wildman–Crippen MR) is 81.6 cm³/mol. The van der Waals surface area contributed by atoms with Crippen LogP contribution >= 0.6 is 0 Å². The van der Waals surface area contributed by atoms with Crippen molar-refractivity contribution in [3.8, 4) is 0 Å². The van der Waals surface area contributed by atoms with E-state index in [4.69, 9.17) is 9.15 Å². The van der Waals surface area contributed by atoms with Crippen molar-refractivity contribution in [3.63, 3.8) is 0 Å². The predicted octanol–water partition coefficient (Wildman–Crippen LogP) is 4.41. The Morgan fingerprint density at radius 2 is 2.00 bits per heavy atom. The van der Waals surface area contributed by atoms with E-state index in [1.54, 1.807) is 6.26 Å². The molecule has 3 nitrogen and oxygen atoms in total. The molecule has 0 aliphatic heterocycles. The van der Waals surface area contributed by atoms with Gasteiger partial charge in [-0.1, -0.05) is 39.0 Å². The van der Waals surface area contributed by atoms with Crippen molar-refractivity contribution in [2.45, 2.75) is 77.5 Å². The molecular formula is C17H29NO2. The molecule has 0 spiro atoms. The normalized spacial score (nSPS) is 14.8. The van der Waals surface area contributed by atoms with Crippen molar-refractivity contribution in [1.82, 2.24) is 5.32 Å². The molecule has 1 heterocycles. The van der Waals surface area contributed by atoms with E-state index in [9.17, 15) is 0 Å². The van der Waals surface area contributed by atoms with E-state index in [-0.39, 0.29) is 0 Å². The summed E-state index contributed by atoms with van der Waals surface area (Å²) in [6.45, 7) is 4.63. The highest BCUT2D eigenvalue weighted by molar-refractivity contribution is 5.16. The van der Waals surface area contributed by atoms with Gasteiger partial charge >= 0.3 is 0 Å². The third-order valence-corrected chi connectivity index (χ3v) is 3.87. The number of hydrogen-bond donors (Lipinski definition) is 1. The molecule has 0 bridgehead atoms. The summed E-state index contributed by atoms with van der Waals surface area (Å²) in [7, 11) is 0. The van der Waals surface area contributed by atoms with Gasteiger partial charge in [-0.05, 0) is 25.3 Å². The average Bonchev–Trinajstić information content (AvgIpc) is 3.19. The van der Waals surface area contributed by atoms with Crippen LogP contribution in [0.25, 0.3) is 0 Å². The van der Waals surface area contributed by atoms with Crippen molar-refractivity contribution in [2.24, 2.45) is 0 Å². The van der Waals surface area contributed by atoms with Crippen LogP contribution in [0, 0.1) is 0 Å². The molecule has 2 rings (SSSR count). The van der Waals surface area contributed by atoms with Gasteiger partial charge in [0.05, 0.1) is 6.26 Å². The molecular weight excluding hydrogens is 250 g/mol. The van der Waals surface area contributed by atoms with E-state index in [0.717, 1.165) is 25.0 Å². The quantitative estimate of drug-likeness (QED) is 0.576. The van der Waals surface area contributed by atoms with E-state index in [2.05, 4.69) is 18.3 Å². The fraction of sp³-hybridized carbons (Fsp3) is 0.765. The summed E-state index contributed by atoms with van der Waals surface area (Å²) in [5.74, 6) is 0.990. The lowest BCUT2D eigenvalue weighted by Crippen LogP contribution is -2.15. The maximum atomic E-state index is 5.73. The minimum absolute atomic E-state index is 0.615. The van der Waals surface area contributed by atoms with E-state index < -0.39 is 0 Å². The van der Waals surface area contributed by atoms with Gasteiger partial charge in [0.25, 0.3) is 0 Å². The monoisotopic (exact) mass is 279 g/mol. The fourth-order valence-electron chi connectivity index (χ4n) is 2.34. The van der Waals surface area contributed by atoms with Crippen LogP contribution in [0.1, 0.15) is 69.6 Å². The van der Waals surface area contributed by atoms with Gasteiger partial charge < -0.3 is 14.5 Å². The number of ether oxygens (including phenoxy) is 1. The van der Waals surface area contributed by atoms with Gasteiger partial charge in [-0.3, -0.25) is 0 Å². The highest BCUT2D eigenvalue weighted by Crippen LogP contribution is 2.20. The molecule has 1 aliphatic carbocycles. The van der Waals surface area contributed by atoms with E-state index in [1.165, 1.54) is 56.9 Å². The summed E-state index contributed by atoms with van der Waals surface area (Å²) in [5, 5.41) is 3.51. The lowest BCUT2D eigenvalue weighted by molar-refractivity contribution is 0.101. The Hall–Kier alpha value is -0.800. The Kier molecular flexibility index (Phi) is 7.16. The fourth-order valence-corrected chi connectivity index (χ4v) is 2.34. The zero-order valence-corrected chi connectivity index (χ0v) is 12.8. The van der Waals surface area contributed by atoms with Crippen molar-refractivity contribution in [1.29, 1.82) is 0 Å². The minimum atomic E-state index is 0.615. The van der Waals surface area contributed by atoms with Gasteiger partial charge in [0.1, 0.15) is 12.4 Å². The summed E-state index contributed by atoms with van der Waals surface area (Å²) >= 11 is 0. The summed E-state index contributed by atoms with van der Waals surface area (Å²) in [5.41, 5.74) is 1.25. The lowest BCUT2D eigenvalue weighted by atomic mass is 10.1. The first-order valence-corrected chi connectivity index (χ1v) is 8.26. The van der Waals surface area contributed by atoms with Crippen LogP contribution in [-0.4, -0.2) is 12.6 Å². The summed E-state index contributed by atoms with van der Waals surface area (Å²) in [6, 6.07) is 2.79. The van der Waals surface area contributed by atoms with Crippen LogP contribution in [0.15, 0.2) is 16.7 Å². The maximum absolute atomic E-state index is 5.73. The van der Waals surface area contributed by atoms with Gasteiger partial charge in [-0.25, -0.2) is 0 Å². The molecule has 1 fully saturated rings. The SMILES string of the molecule is CCCCCCCCOCc1occc1CNC1CC1. The highest BCUT2D eigenvalue weighted by Gasteiger charge is 2.20. The molecule has 0 atom stereocenters. The van der Waals surface area contributed by atoms with Crippen LogP contribution in [0.4, 0.5) is 0 Å². The molecule has 1 saturated carbocycles. The van der Waals surface area contributed by atoms with Gasteiger partial charge in [-0.15, -0.1) is 0 Å². The Labute approximate surface area is 123 Å². The zero-order valence-electron chi connectivity index (χ0n) is 12.8. The lowest BCUT2D eigenvalue weighted by Gasteiger charge is -2.06. The largest absolute Gasteiger partial charge is 0.467 e. The molecule has 0 aromatic carbocycles. The molecule has 1 aromatic rings. The van der Waals surface area contributed by atoms with E-state index in [1.807, 2.05) is 0 Å². The first kappa shape index (κ1) is 15.6. The van der Waals surface area contributed by atoms with Crippen LogP contribution in [-0.2, 0) is 17.9 Å².